The molecule has 0 saturated heterocycles. The predicted molar refractivity (Wildman–Crippen MR) is 80.2 cm³/mol. The van der Waals surface area contributed by atoms with Crippen LogP contribution in [-0.2, 0) is 0 Å². The maximum atomic E-state index is 13.6. The van der Waals surface area contributed by atoms with Crippen molar-refractivity contribution >= 4 is 0 Å². The standard InChI is InChI=1S/C17H26FNO/c1-13-8-9-14(18)12-15(13)16(20)17(19(2)3)10-6-4-5-7-11-17/h8-9,12,16,20H,4-7,10-11H2,1-3H3. The zero-order chi connectivity index (χ0) is 14.8. The number of aliphatic hydroxyl groups excluding tert-OH is 1. The van der Waals surface area contributed by atoms with Gasteiger partial charge in [-0.25, -0.2) is 4.39 Å². The molecule has 1 aromatic rings. The fraction of sp³-hybridized carbons (Fsp3) is 0.647. The van der Waals surface area contributed by atoms with Gasteiger partial charge in [0.1, 0.15) is 5.82 Å². The summed E-state index contributed by atoms with van der Waals surface area (Å²) in [5, 5.41) is 11.0. The van der Waals surface area contributed by atoms with Crippen molar-refractivity contribution in [3.05, 3.63) is 35.1 Å². The summed E-state index contributed by atoms with van der Waals surface area (Å²) in [5.74, 6) is -0.271. The van der Waals surface area contributed by atoms with Crippen molar-refractivity contribution in [1.29, 1.82) is 0 Å². The summed E-state index contributed by atoms with van der Waals surface area (Å²) in [6, 6.07) is 4.71. The molecule has 112 valence electrons. The maximum Gasteiger partial charge on any atom is 0.123 e. The Labute approximate surface area is 121 Å². The number of hydrogen-bond acceptors (Lipinski definition) is 2. The molecule has 1 aromatic carbocycles. The number of benzene rings is 1. The Morgan fingerprint density at radius 1 is 1.15 bits per heavy atom. The van der Waals surface area contributed by atoms with Gasteiger partial charge in [-0.15, -0.1) is 0 Å². The average molecular weight is 279 g/mol. The lowest BCUT2D eigenvalue weighted by Crippen LogP contribution is -2.49. The normalized spacial score (nSPS) is 20.7. The van der Waals surface area contributed by atoms with Crippen LogP contribution < -0.4 is 0 Å². The van der Waals surface area contributed by atoms with Crippen LogP contribution in [-0.4, -0.2) is 29.6 Å². The molecule has 20 heavy (non-hydrogen) atoms. The van der Waals surface area contributed by atoms with Crippen LogP contribution in [0.1, 0.15) is 55.8 Å². The topological polar surface area (TPSA) is 23.5 Å². The lowest BCUT2D eigenvalue weighted by Gasteiger charge is -2.44. The molecule has 0 radical (unpaired) electrons. The lowest BCUT2D eigenvalue weighted by atomic mass is 9.79. The summed E-state index contributed by atoms with van der Waals surface area (Å²) in [6.45, 7) is 1.94. The van der Waals surface area contributed by atoms with Gasteiger partial charge >= 0.3 is 0 Å². The van der Waals surface area contributed by atoms with Gasteiger partial charge in [0, 0.05) is 0 Å². The van der Waals surface area contributed by atoms with Crippen LogP contribution in [0.5, 0.6) is 0 Å². The Hall–Kier alpha value is -0.930. The molecule has 1 aliphatic rings. The molecule has 2 rings (SSSR count). The number of aryl methyl sites for hydroxylation is 1. The molecule has 1 unspecified atom stereocenters. The van der Waals surface area contributed by atoms with Gasteiger partial charge in [0.15, 0.2) is 0 Å². The van der Waals surface area contributed by atoms with E-state index in [0.717, 1.165) is 36.8 Å². The summed E-state index contributed by atoms with van der Waals surface area (Å²) in [7, 11) is 4.06. The zero-order valence-electron chi connectivity index (χ0n) is 12.8. The van der Waals surface area contributed by atoms with Gasteiger partial charge in [0.05, 0.1) is 11.6 Å². The van der Waals surface area contributed by atoms with Crippen molar-refractivity contribution in [1.82, 2.24) is 4.90 Å². The third kappa shape index (κ3) is 2.89. The van der Waals surface area contributed by atoms with E-state index < -0.39 is 6.10 Å². The quantitative estimate of drug-likeness (QED) is 0.850. The number of halogens is 1. The van der Waals surface area contributed by atoms with E-state index in [1.807, 2.05) is 21.0 Å². The average Bonchev–Trinajstić information content (AvgIpc) is 2.67. The highest BCUT2D eigenvalue weighted by molar-refractivity contribution is 5.31. The second-order valence-corrected chi connectivity index (χ2v) is 6.32. The Morgan fingerprint density at radius 3 is 2.30 bits per heavy atom. The van der Waals surface area contributed by atoms with Crippen LogP contribution >= 0.6 is 0 Å². The molecular weight excluding hydrogens is 253 g/mol. The zero-order valence-corrected chi connectivity index (χ0v) is 12.8. The summed E-state index contributed by atoms with van der Waals surface area (Å²) in [6.07, 6.45) is 6.02. The van der Waals surface area contributed by atoms with Crippen LogP contribution in [0.3, 0.4) is 0 Å². The molecule has 0 spiro atoms. The predicted octanol–water partition coefficient (Wildman–Crippen LogP) is 3.82. The Kier molecular flexibility index (Phi) is 4.82. The van der Waals surface area contributed by atoms with Crippen LogP contribution in [0.4, 0.5) is 4.39 Å². The molecule has 0 aromatic heterocycles. The largest absolute Gasteiger partial charge is 0.386 e. The van der Waals surface area contributed by atoms with Gasteiger partial charge in [-0.05, 0) is 57.1 Å². The van der Waals surface area contributed by atoms with E-state index in [1.165, 1.54) is 25.0 Å². The van der Waals surface area contributed by atoms with Crippen molar-refractivity contribution in [2.24, 2.45) is 0 Å². The lowest BCUT2D eigenvalue weighted by molar-refractivity contribution is -0.0203. The van der Waals surface area contributed by atoms with E-state index in [-0.39, 0.29) is 11.4 Å². The van der Waals surface area contributed by atoms with Crippen LogP contribution in [0.15, 0.2) is 18.2 Å². The number of likely N-dealkylation sites (N-methyl/N-ethyl adjacent to an activating group) is 1. The van der Waals surface area contributed by atoms with E-state index in [4.69, 9.17) is 0 Å². The van der Waals surface area contributed by atoms with Gasteiger partial charge in [0.25, 0.3) is 0 Å². The number of rotatable bonds is 3. The first-order valence-electron chi connectivity index (χ1n) is 7.59. The van der Waals surface area contributed by atoms with Crippen LogP contribution in [0.2, 0.25) is 0 Å². The number of nitrogens with zero attached hydrogens (tertiary/aromatic N) is 1. The Bertz CT molecular complexity index is 450. The van der Waals surface area contributed by atoms with Crippen LogP contribution in [0.25, 0.3) is 0 Å². The molecule has 2 nitrogen and oxygen atoms in total. The molecule has 1 N–H and O–H groups in total. The highest BCUT2D eigenvalue weighted by Crippen LogP contribution is 2.41. The van der Waals surface area contributed by atoms with E-state index in [0.29, 0.717) is 0 Å². The molecule has 0 amide bonds. The van der Waals surface area contributed by atoms with E-state index in [2.05, 4.69) is 4.90 Å². The Morgan fingerprint density at radius 2 is 1.75 bits per heavy atom. The molecule has 0 heterocycles. The molecule has 1 atom stereocenters. The van der Waals surface area contributed by atoms with Crippen molar-refractivity contribution < 1.29 is 9.50 Å². The SMILES string of the molecule is Cc1ccc(F)cc1C(O)C1(N(C)C)CCCCCC1. The monoisotopic (exact) mass is 279 g/mol. The third-order valence-corrected chi connectivity index (χ3v) is 4.90. The highest BCUT2D eigenvalue weighted by Gasteiger charge is 2.41. The second kappa shape index (κ2) is 6.23. The first-order valence-corrected chi connectivity index (χ1v) is 7.59. The van der Waals surface area contributed by atoms with Gasteiger partial charge in [-0.3, -0.25) is 0 Å². The van der Waals surface area contributed by atoms with Crippen molar-refractivity contribution in [2.45, 2.75) is 57.1 Å². The molecule has 0 bridgehead atoms. The van der Waals surface area contributed by atoms with Crippen LogP contribution in [0, 0.1) is 12.7 Å². The minimum Gasteiger partial charge on any atom is -0.386 e. The first-order chi connectivity index (χ1) is 9.47. The maximum absolute atomic E-state index is 13.6. The minimum atomic E-state index is -0.633. The van der Waals surface area contributed by atoms with E-state index in [1.54, 1.807) is 6.07 Å². The van der Waals surface area contributed by atoms with E-state index >= 15 is 0 Å². The molecule has 1 aliphatic carbocycles. The van der Waals surface area contributed by atoms with Gasteiger partial charge < -0.3 is 10.0 Å². The van der Waals surface area contributed by atoms with E-state index in [9.17, 15) is 9.50 Å². The van der Waals surface area contributed by atoms with Crippen molar-refractivity contribution in [3.8, 4) is 0 Å². The highest BCUT2D eigenvalue weighted by atomic mass is 19.1. The Balaban J connectivity index is 2.40. The van der Waals surface area contributed by atoms with Gasteiger partial charge in [-0.1, -0.05) is 31.7 Å². The number of aliphatic hydroxyl groups is 1. The summed E-state index contributed by atoms with van der Waals surface area (Å²) >= 11 is 0. The molecule has 1 saturated carbocycles. The fourth-order valence-electron chi connectivity index (χ4n) is 3.50. The summed E-state index contributed by atoms with van der Waals surface area (Å²) in [5.41, 5.74) is 1.43. The molecule has 1 fully saturated rings. The third-order valence-electron chi connectivity index (χ3n) is 4.90. The summed E-state index contributed by atoms with van der Waals surface area (Å²) in [4.78, 5) is 2.15. The number of hydrogen-bond donors (Lipinski definition) is 1. The smallest absolute Gasteiger partial charge is 0.123 e. The van der Waals surface area contributed by atoms with Gasteiger partial charge in [-0.2, -0.15) is 0 Å². The molecular formula is C17H26FNO. The fourth-order valence-corrected chi connectivity index (χ4v) is 3.50. The van der Waals surface area contributed by atoms with Crippen molar-refractivity contribution in [3.63, 3.8) is 0 Å². The van der Waals surface area contributed by atoms with Crippen molar-refractivity contribution in [2.75, 3.05) is 14.1 Å². The summed E-state index contributed by atoms with van der Waals surface area (Å²) < 4.78 is 13.6. The first kappa shape index (κ1) is 15.5. The minimum absolute atomic E-state index is 0.269. The molecule has 3 heteroatoms. The second-order valence-electron chi connectivity index (χ2n) is 6.32. The van der Waals surface area contributed by atoms with Gasteiger partial charge in [0.2, 0.25) is 0 Å². The molecule has 0 aliphatic heterocycles.